The van der Waals surface area contributed by atoms with Crippen molar-refractivity contribution in [1.29, 1.82) is 0 Å². The molecule has 1 fully saturated rings. The van der Waals surface area contributed by atoms with E-state index in [0.717, 1.165) is 30.0 Å². The van der Waals surface area contributed by atoms with E-state index >= 15 is 0 Å². The smallest absolute Gasteiger partial charge is 0.108 e. The molecule has 0 aliphatic carbocycles. The van der Waals surface area contributed by atoms with Crippen molar-refractivity contribution in [1.82, 2.24) is 15.3 Å². The average molecular weight is 302 g/mol. The van der Waals surface area contributed by atoms with Gasteiger partial charge in [-0.15, -0.1) is 11.3 Å². The third-order valence-corrected chi connectivity index (χ3v) is 4.67. The van der Waals surface area contributed by atoms with Crippen molar-refractivity contribution in [2.45, 2.75) is 25.3 Å². The van der Waals surface area contributed by atoms with Crippen molar-refractivity contribution in [3.05, 3.63) is 26.8 Å². The third-order valence-electron chi connectivity index (χ3n) is 3.18. The normalized spacial score (nSPS) is 19.6. The Kier molecular flexibility index (Phi) is 3.61. The zero-order valence-corrected chi connectivity index (χ0v) is 12.0. The van der Waals surface area contributed by atoms with Gasteiger partial charge in [-0.3, -0.25) is 0 Å². The zero-order chi connectivity index (χ0) is 12.5. The van der Waals surface area contributed by atoms with Crippen molar-refractivity contribution in [2.24, 2.45) is 0 Å². The lowest BCUT2D eigenvalue weighted by atomic mass is 10.1. The van der Waals surface area contributed by atoms with Crippen LogP contribution in [0.5, 0.6) is 0 Å². The summed E-state index contributed by atoms with van der Waals surface area (Å²) >= 11 is 13.5. The van der Waals surface area contributed by atoms with Crippen LogP contribution in [-0.2, 0) is 6.42 Å². The number of aromatic nitrogens is 2. The highest BCUT2D eigenvalue weighted by Crippen LogP contribution is 2.37. The largest absolute Gasteiger partial charge is 0.342 e. The highest BCUT2D eigenvalue weighted by Gasteiger charge is 2.17. The lowest BCUT2D eigenvalue weighted by molar-refractivity contribution is 0.589. The summed E-state index contributed by atoms with van der Waals surface area (Å²) in [4.78, 5) is 7.74. The van der Waals surface area contributed by atoms with Crippen LogP contribution in [0.15, 0.2) is 12.3 Å². The number of thiophene rings is 1. The molecule has 1 aliphatic rings. The van der Waals surface area contributed by atoms with E-state index in [-0.39, 0.29) is 0 Å². The first-order chi connectivity index (χ1) is 8.72. The molecule has 0 amide bonds. The molecule has 0 spiro atoms. The lowest BCUT2D eigenvalue weighted by Gasteiger charge is -2.06. The molecule has 3 rings (SSSR count). The Hall–Kier alpha value is -0.550. The average Bonchev–Trinajstić information content (AvgIpc) is 3.01. The molecule has 6 heteroatoms. The maximum Gasteiger partial charge on any atom is 0.108 e. The Bertz CT molecular complexity index is 543. The highest BCUT2D eigenvalue weighted by molar-refractivity contribution is 7.20. The van der Waals surface area contributed by atoms with Crippen LogP contribution in [0.4, 0.5) is 0 Å². The molecule has 0 radical (unpaired) electrons. The SMILES string of the molecule is Clc1cc(-c2cnc(CC3CCCN3)[nH]2)c(Cl)s1. The molecule has 1 atom stereocenters. The minimum absolute atomic E-state index is 0.547. The number of halogens is 2. The van der Waals surface area contributed by atoms with Crippen LogP contribution in [0.2, 0.25) is 8.67 Å². The number of imidazole rings is 1. The molecular weight excluding hydrogens is 289 g/mol. The predicted octanol–water partition coefficient (Wildman–Crippen LogP) is 3.74. The monoisotopic (exact) mass is 301 g/mol. The summed E-state index contributed by atoms with van der Waals surface area (Å²) in [6.07, 6.45) is 5.25. The van der Waals surface area contributed by atoms with E-state index in [4.69, 9.17) is 23.2 Å². The van der Waals surface area contributed by atoms with Gasteiger partial charge >= 0.3 is 0 Å². The molecule has 1 aliphatic heterocycles. The van der Waals surface area contributed by atoms with Gasteiger partial charge in [-0.05, 0) is 25.5 Å². The van der Waals surface area contributed by atoms with Crippen LogP contribution in [0.25, 0.3) is 11.3 Å². The number of hydrogen-bond acceptors (Lipinski definition) is 3. The molecule has 3 nitrogen and oxygen atoms in total. The molecule has 3 heterocycles. The Morgan fingerprint density at radius 1 is 1.44 bits per heavy atom. The molecule has 0 bridgehead atoms. The topological polar surface area (TPSA) is 40.7 Å². The molecule has 2 N–H and O–H groups in total. The molecule has 96 valence electrons. The number of H-pyrrole nitrogens is 1. The molecule has 1 unspecified atom stereocenters. The van der Waals surface area contributed by atoms with Gasteiger partial charge in [0.2, 0.25) is 0 Å². The molecule has 0 saturated carbocycles. The zero-order valence-electron chi connectivity index (χ0n) is 9.67. The molecule has 2 aromatic heterocycles. The molecule has 0 aromatic carbocycles. The summed E-state index contributed by atoms with van der Waals surface area (Å²) < 4.78 is 1.40. The van der Waals surface area contributed by atoms with Gasteiger partial charge in [0.1, 0.15) is 10.2 Å². The second-order valence-electron chi connectivity index (χ2n) is 4.48. The summed E-state index contributed by atoms with van der Waals surface area (Å²) in [5, 5.41) is 3.46. The summed E-state index contributed by atoms with van der Waals surface area (Å²) in [6.45, 7) is 1.12. The van der Waals surface area contributed by atoms with E-state index in [1.165, 1.54) is 24.2 Å². The van der Waals surface area contributed by atoms with Crippen LogP contribution in [0, 0.1) is 0 Å². The Morgan fingerprint density at radius 3 is 3.00 bits per heavy atom. The quantitative estimate of drug-likeness (QED) is 0.907. The molecule has 1 saturated heterocycles. The van der Waals surface area contributed by atoms with Crippen LogP contribution >= 0.6 is 34.5 Å². The summed E-state index contributed by atoms with van der Waals surface area (Å²) in [7, 11) is 0. The lowest BCUT2D eigenvalue weighted by Crippen LogP contribution is -2.24. The first kappa shape index (κ1) is 12.5. The first-order valence-electron chi connectivity index (χ1n) is 5.95. The fourth-order valence-electron chi connectivity index (χ4n) is 2.29. The van der Waals surface area contributed by atoms with Crippen molar-refractivity contribution >= 4 is 34.5 Å². The van der Waals surface area contributed by atoms with Crippen molar-refractivity contribution in [2.75, 3.05) is 6.54 Å². The Labute approximate surface area is 120 Å². The second-order valence-corrected chi connectivity index (χ2v) is 6.76. The van der Waals surface area contributed by atoms with Crippen LogP contribution in [0.1, 0.15) is 18.7 Å². The first-order valence-corrected chi connectivity index (χ1v) is 7.52. The minimum atomic E-state index is 0.547. The third kappa shape index (κ3) is 2.57. The second kappa shape index (κ2) is 5.21. The van der Waals surface area contributed by atoms with E-state index in [0.29, 0.717) is 14.7 Å². The fraction of sp³-hybridized carbons (Fsp3) is 0.417. The molecular formula is C12H13Cl2N3S. The Morgan fingerprint density at radius 2 is 2.33 bits per heavy atom. The standard InChI is InChI=1S/C12H13Cl2N3S/c13-10-5-8(12(14)18-10)9-6-16-11(17-9)4-7-2-1-3-15-7/h5-7,15H,1-4H2,(H,16,17). The van der Waals surface area contributed by atoms with E-state index in [2.05, 4.69) is 15.3 Å². The molecule has 2 aromatic rings. The number of rotatable bonds is 3. The fourth-order valence-corrected chi connectivity index (χ4v) is 3.78. The van der Waals surface area contributed by atoms with Gasteiger partial charge in [-0.2, -0.15) is 0 Å². The van der Waals surface area contributed by atoms with Crippen molar-refractivity contribution in [3.63, 3.8) is 0 Å². The maximum atomic E-state index is 6.13. The summed E-state index contributed by atoms with van der Waals surface area (Å²) in [5.74, 6) is 1.00. The van der Waals surface area contributed by atoms with Crippen LogP contribution < -0.4 is 5.32 Å². The minimum Gasteiger partial charge on any atom is -0.342 e. The van der Waals surface area contributed by atoms with E-state index in [1.54, 1.807) is 0 Å². The van der Waals surface area contributed by atoms with Crippen LogP contribution in [0.3, 0.4) is 0 Å². The van der Waals surface area contributed by atoms with Gasteiger partial charge in [0, 0.05) is 18.0 Å². The molecule has 18 heavy (non-hydrogen) atoms. The summed E-state index contributed by atoms with van der Waals surface area (Å²) in [6, 6.07) is 2.42. The van der Waals surface area contributed by atoms with Crippen LogP contribution in [-0.4, -0.2) is 22.6 Å². The predicted molar refractivity (Wildman–Crippen MR) is 76.6 cm³/mol. The van der Waals surface area contributed by atoms with E-state index < -0.39 is 0 Å². The number of hydrogen-bond donors (Lipinski definition) is 2. The number of nitrogens with one attached hydrogen (secondary N) is 2. The highest BCUT2D eigenvalue weighted by atomic mass is 35.5. The van der Waals surface area contributed by atoms with Gasteiger partial charge in [-0.25, -0.2) is 4.98 Å². The van der Waals surface area contributed by atoms with Gasteiger partial charge in [0.15, 0.2) is 0 Å². The van der Waals surface area contributed by atoms with Gasteiger partial charge in [-0.1, -0.05) is 23.2 Å². The Balaban J connectivity index is 1.78. The van der Waals surface area contributed by atoms with Gasteiger partial charge < -0.3 is 10.3 Å². The van der Waals surface area contributed by atoms with E-state index in [9.17, 15) is 0 Å². The van der Waals surface area contributed by atoms with Gasteiger partial charge in [0.25, 0.3) is 0 Å². The van der Waals surface area contributed by atoms with Crippen molar-refractivity contribution in [3.8, 4) is 11.3 Å². The number of nitrogens with zero attached hydrogens (tertiary/aromatic N) is 1. The number of aromatic amines is 1. The maximum absolute atomic E-state index is 6.13. The van der Waals surface area contributed by atoms with Gasteiger partial charge in [0.05, 0.1) is 16.2 Å². The van der Waals surface area contributed by atoms with Crippen molar-refractivity contribution < 1.29 is 0 Å². The summed E-state index contributed by atoms with van der Waals surface area (Å²) in [5.41, 5.74) is 1.88. The van der Waals surface area contributed by atoms with E-state index in [1.807, 2.05) is 12.3 Å².